The number of fused-ring (bicyclic) bond motifs is 1. The second-order valence-corrected chi connectivity index (χ2v) is 4.38. The molecule has 0 aliphatic carbocycles. The summed E-state index contributed by atoms with van der Waals surface area (Å²) in [5.74, 6) is -0.427. The lowest BCUT2D eigenvalue weighted by atomic mass is 10.2. The van der Waals surface area contributed by atoms with Gasteiger partial charge in [0.1, 0.15) is 5.69 Å². The van der Waals surface area contributed by atoms with Gasteiger partial charge >= 0.3 is 5.97 Å². The van der Waals surface area contributed by atoms with Gasteiger partial charge in [0, 0.05) is 17.8 Å². The highest BCUT2D eigenvalue weighted by Crippen LogP contribution is 2.17. The molecule has 20 heavy (non-hydrogen) atoms. The molecule has 100 valence electrons. The Morgan fingerprint density at radius 1 is 1.30 bits per heavy atom. The number of carbonyl (C=O) groups is 1. The number of esters is 1. The average molecular weight is 267 g/mol. The predicted molar refractivity (Wildman–Crippen MR) is 74.4 cm³/mol. The Labute approximate surface area is 115 Å². The van der Waals surface area contributed by atoms with E-state index < -0.39 is 5.97 Å². The van der Waals surface area contributed by atoms with Crippen molar-refractivity contribution in [2.75, 3.05) is 7.11 Å². The van der Waals surface area contributed by atoms with Gasteiger partial charge in [-0.15, -0.1) is 0 Å². The zero-order valence-electron chi connectivity index (χ0n) is 11.0. The first-order valence-electron chi connectivity index (χ1n) is 6.21. The smallest absolute Gasteiger partial charge is 0.356 e. The SMILES string of the molecule is COC(=O)c1cc2ccn(Cc3ccccn3)c2cn1. The summed E-state index contributed by atoms with van der Waals surface area (Å²) < 4.78 is 6.72. The van der Waals surface area contributed by atoms with E-state index in [2.05, 4.69) is 14.7 Å². The minimum atomic E-state index is -0.427. The molecule has 3 heterocycles. The van der Waals surface area contributed by atoms with Crippen LogP contribution in [0, 0.1) is 0 Å². The Bertz CT molecular complexity index is 750. The fourth-order valence-corrected chi connectivity index (χ4v) is 2.11. The Kier molecular flexibility index (Phi) is 3.16. The first-order chi connectivity index (χ1) is 9.78. The summed E-state index contributed by atoms with van der Waals surface area (Å²) in [4.78, 5) is 19.9. The van der Waals surface area contributed by atoms with E-state index in [4.69, 9.17) is 0 Å². The molecule has 0 amide bonds. The van der Waals surface area contributed by atoms with Crippen LogP contribution in [0.5, 0.6) is 0 Å². The summed E-state index contributed by atoms with van der Waals surface area (Å²) in [6.45, 7) is 0.670. The van der Waals surface area contributed by atoms with Crippen molar-refractivity contribution in [1.29, 1.82) is 0 Å². The minimum absolute atomic E-state index is 0.315. The van der Waals surface area contributed by atoms with Gasteiger partial charge in [0.25, 0.3) is 0 Å². The van der Waals surface area contributed by atoms with E-state index in [1.165, 1.54) is 7.11 Å². The number of carbonyl (C=O) groups excluding carboxylic acids is 1. The largest absolute Gasteiger partial charge is 0.464 e. The normalized spacial score (nSPS) is 10.7. The zero-order valence-corrected chi connectivity index (χ0v) is 11.0. The van der Waals surface area contributed by atoms with E-state index >= 15 is 0 Å². The Morgan fingerprint density at radius 3 is 2.95 bits per heavy atom. The number of hydrogen-bond donors (Lipinski definition) is 0. The fourth-order valence-electron chi connectivity index (χ4n) is 2.11. The van der Waals surface area contributed by atoms with Gasteiger partial charge in [-0.05, 0) is 24.3 Å². The number of methoxy groups -OCH3 is 1. The molecule has 0 unspecified atom stereocenters. The van der Waals surface area contributed by atoms with Gasteiger partial charge < -0.3 is 9.30 Å². The van der Waals surface area contributed by atoms with Crippen LogP contribution in [0.1, 0.15) is 16.2 Å². The highest BCUT2D eigenvalue weighted by Gasteiger charge is 2.10. The molecule has 5 heteroatoms. The van der Waals surface area contributed by atoms with Crippen molar-refractivity contribution in [3.8, 4) is 0 Å². The molecular weight excluding hydrogens is 254 g/mol. The molecule has 0 N–H and O–H groups in total. The number of nitrogens with zero attached hydrogens (tertiary/aromatic N) is 3. The molecule has 3 rings (SSSR count). The van der Waals surface area contributed by atoms with Gasteiger partial charge in [0.2, 0.25) is 0 Å². The van der Waals surface area contributed by atoms with Gasteiger partial charge in [-0.2, -0.15) is 0 Å². The second-order valence-electron chi connectivity index (χ2n) is 4.38. The zero-order chi connectivity index (χ0) is 13.9. The molecule has 3 aromatic rings. The lowest BCUT2D eigenvalue weighted by molar-refractivity contribution is 0.0594. The number of aromatic nitrogens is 3. The number of pyridine rings is 2. The summed E-state index contributed by atoms with van der Waals surface area (Å²) >= 11 is 0. The maximum absolute atomic E-state index is 11.5. The molecule has 0 spiro atoms. The molecule has 0 radical (unpaired) electrons. The molecule has 0 fully saturated rings. The van der Waals surface area contributed by atoms with Crippen molar-refractivity contribution >= 4 is 16.9 Å². The maximum Gasteiger partial charge on any atom is 0.356 e. The van der Waals surface area contributed by atoms with Gasteiger partial charge in [-0.25, -0.2) is 9.78 Å². The van der Waals surface area contributed by atoms with Crippen molar-refractivity contribution in [1.82, 2.24) is 14.5 Å². The Morgan fingerprint density at radius 2 is 2.20 bits per heavy atom. The van der Waals surface area contributed by atoms with Crippen LogP contribution in [0.4, 0.5) is 0 Å². The van der Waals surface area contributed by atoms with Crippen LogP contribution in [0.2, 0.25) is 0 Å². The number of ether oxygens (including phenoxy) is 1. The molecule has 5 nitrogen and oxygen atoms in total. The van der Waals surface area contributed by atoms with Crippen molar-refractivity contribution in [3.05, 3.63) is 60.3 Å². The van der Waals surface area contributed by atoms with Crippen LogP contribution < -0.4 is 0 Å². The van der Waals surface area contributed by atoms with E-state index in [0.717, 1.165) is 16.6 Å². The number of hydrogen-bond acceptors (Lipinski definition) is 4. The van der Waals surface area contributed by atoms with Crippen LogP contribution >= 0.6 is 0 Å². The van der Waals surface area contributed by atoms with E-state index in [1.54, 1.807) is 18.5 Å². The molecule has 0 bridgehead atoms. The molecule has 0 saturated heterocycles. The molecule has 0 aromatic carbocycles. The lowest BCUT2D eigenvalue weighted by Gasteiger charge is -2.05. The molecule has 0 aliphatic heterocycles. The van der Waals surface area contributed by atoms with Crippen LogP contribution in [0.15, 0.2) is 48.9 Å². The summed E-state index contributed by atoms with van der Waals surface area (Å²) in [6, 6.07) is 9.51. The van der Waals surface area contributed by atoms with Crippen molar-refractivity contribution in [2.45, 2.75) is 6.54 Å². The van der Waals surface area contributed by atoms with Crippen molar-refractivity contribution in [2.24, 2.45) is 0 Å². The third-order valence-electron chi connectivity index (χ3n) is 3.11. The van der Waals surface area contributed by atoms with E-state index in [1.807, 2.05) is 35.0 Å². The summed E-state index contributed by atoms with van der Waals surface area (Å²) in [6.07, 6.45) is 5.42. The van der Waals surface area contributed by atoms with Crippen LogP contribution in [-0.2, 0) is 11.3 Å². The van der Waals surface area contributed by atoms with Gasteiger partial charge in [-0.1, -0.05) is 6.07 Å². The third kappa shape index (κ3) is 2.25. The van der Waals surface area contributed by atoms with Gasteiger partial charge in [0.15, 0.2) is 0 Å². The first kappa shape index (κ1) is 12.3. The van der Waals surface area contributed by atoms with Crippen molar-refractivity contribution < 1.29 is 9.53 Å². The molecular formula is C15H13N3O2. The minimum Gasteiger partial charge on any atom is -0.464 e. The standard InChI is InChI=1S/C15H13N3O2/c1-20-15(19)13-8-11-5-7-18(14(11)9-17-13)10-12-4-2-3-6-16-12/h2-9H,10H2,1H3. The van der Waals surface area contributed by atoms with Gasteiger partial charge in [0.05, 0.1) is 31.1 Å². The van der Waals surface area contributed by atoms with E-state index in [0.29, 0.717) is 12.2 Å². The van der Waals surface area contributed by atoms with E-state index in [-0.39, 0.29) is 0 Å². The van der Waals surface area contributed by atoms with E-state index in [9.17, 15) is 4.79 Å². The quantitative estimate of drug-likeness (QED) is 0.683. The number of rotatable bonds is 3. The topological polar surface area (TPSA) is 57.0 Å². The maximum atomic E-state index is 11.5. The summed E-state index contributed by atoms with van der Waals surface area (Å²) in [7, 11) is 1.35. The monoisotopic (exact) mass is 267 g/mol. The molecule has 3 aromatic heterocycles. The lowest BCUT2D eigenvalue weighted by Crippen LogP contribution is -2.04. The summed E-state index contributed by atoms with van der Waals surface area (Å²) in [5.41, 5.74) is 2.25. The Balaban J connectivity index is 1.96. The third-order valence-corrected chi connectivity index (χ3v) is 3.11. The first-order valence-corrected chi connectivity index (χ1v) is 6.21. The highest BCUT2D eigenvalue weighted by atomic mass is 16.5. The van der Waals surface area contributed by atoms with Gasteiger partial charge in [-0.3, -0.25) is 4.98 Å². The molecule has 0 aliphatic rings. The average Bonchev–Trinajstić information content (AvgIpc) is 2.90. The van der Waals surface area contributed by atoms with Crippen LogP contribution in [0.3, 0.4) is 0 Å². The molecule has 0 saturated carbocycles. The summed E-state index contributed by atoms with van der Waals surface area (Å²) in [5, 5.41) is 0.955. The Hall–Kier alpha value is -2.69. The second kappa shape index (κ2) is 5.13. The van der Waals surface area contributed by atoms with Crippen LogP contribution in [0.25, 0.3) is 10.9 Å². The molecule has 0 atom stereocenters. The highest BCUT2D eigenvalue weighted by molar-refractivity contribution is 5.92. The van der Waals surface area contributed by atoms with Crippen LogP contribution in [-0.4, -0.2) is 27.6 Å². The van der Waals surface area contributed by atoms with Crippen molar-refractivity contribution in [3.63, 3.8) is 0 Å². The fraction of sp³-hybridized carbons (Fsp3) is 0.133. The predicted octanol–water partition coefficient (Wildman–Crippen LogP) is 2.27.